The number of nitrogens with zero attached hydrogens (tertiary/aromatic N) is 2. The Labute approximate surface area is 97.5 Å². The van der Waals surface area contributed by atoms with E-state index in [9.17, 15) is 4.79 Å². The molecule has 1 aromatic heterocycles. The molecule has 0 bridgehead atoms. The van der Waals surface area contributed by atoms with Crippen LogP contribution in [0.4, 0.5) is 0 Å². The van der Waals surface area contributed by atoms with Crippen molar-refractivity contribution >= 4 is 28.4 Å². The zero-order chi connectivity index (χ0) is 10.8. The Bertz CT molecular complexity index is 344. The fraction of sp³-hybridized carbons (Fsp3) is 0.500. The van der Waals surface area contributed by atoms with Crippen molar-refractivity contribution < 1.29 is 4.79 Å². The average molecular weight is 304 g/mol. The van der Waals surface area contributed by atoms with E-state index in [0.717, 1.165) is 9.26 Å². The van der Waals surface area contributed by atoms with Gasteiger partial charge in [0.15, 0.2) is 0 Å². The van der Waals surface area contributed by atoms with E-state index in [2.05, 4.69) is 32.6 Å². The number of carbonyl (C=O) groups is 1. The molecule has 0 aliphatic heterocycles. The molecule has 0 unspecified atom stereocenters. The number of Topliss-reactive ketones (excluding diaryl/α,β-unsaturated/α-hetero) is 1. The van der Waals surface area contributed by atoms with Crippen LogP contribution in [-0.2, 0) is 11.2 Å². The Morgan fingerprint density at radius 1 is 1.50 bits per heavy atom. The zero-order valence-corrected chi connectivity index (χ0v) is 10.7. The van der Waals surface area contributed by atoms with Crippen LogP contribution in [0, 0.1) is 8.99 Å². The van der Waals surface area contributed by atoms with Crippen LogP contribution in [0.5, 0.6) is 0 Å². The number of hydrogen-bond acceptors (Lipinski definition) is 3. The third kappa shape index (κ3) is 3.01. The van der Waals surface area contributed by atoms with Gasteiger partial charge >= 0.3 is 0 Å². The fourth-order valence-electron chi connectivity index (χ4n) is 0.885. The molecule has 76 valence electrons. The lowest BCUT2D eigenvalue weighted by atomic mass is 9.88. The third-order valence-electron chi connectivity index (χ3n) is 1.91. The van der Waals surface area contributed by atoms with Crippen molar-refractivity contribution in [2.75, 3.05) is 0 Å². The van der Waals surface area contributed by atoms with E-state index < -0.39 is 0 Å². The van der Waals surface area contributed by atoms with Crippen LogP contribution in [0.1, 0.15) is 26.5 Å². The molecule has 0 saturated carbocycles. The molecule has 0 aromatic carbocycles. The average Bonchev–Trinajstić information content (AvgIpc) is 2.07. The lowest BCUT2D eigenvalue weighted by Gasteiger charge is -2.16. The van der Waals surface area contributed by atoms with Gasteiger partial charge in [0, 0.05) is 11.6 Å². The smallest absolute Gasteiger partial charge is 0.144 e. The summed E-state index contributed by atoms with van der Waals surface area (Å²) in [7, 11) is 0. The Balaban J connectivity index is 2.80. The molecule has 0 atom stereocenters. The summed E-state index contributed by atoms with van der Waals surface area (Å²) < 4.78 is 0.947. The SMILES string of the molecule is CC(C)(C)C(=O)Cc1ncncc1I. The zero-order valence-electron chi connectivity index (χ0n) is 8.54. The van der Waals surface area contributed by atoms with E-state index >= 15 is 0 Å². The number of rotatable bonds is 2. The van der Waals surface area contributed by atoms with Crippen LogP contribution in [0.3, 0.4) is 0 Å². The normalized spacial score (nSPS) is 11.4. The van der Waals surface area contributed by atoms with Crippen molar-refractivity contribution in [1.29, 1.82) is 0 Å². The quantitative estimate of drug-likeness (QED) is 0.787. The van der Waals surface area contributed by atoms with Gasteiger partial charge in [-0.15, -0.1) is 0 Å². The van der Waals surface area contributed by atoms with Crippen molar-refractivity contribution in [3.63, 3.8) is 0 Å². The van der Waals surface area contributed by atoms with Gasteiger partial charge in [-0.05, 0) is 22.6 Å². The molecule has 0 spiro atoms. The third-order valence-corrected chi connectivity index (χ3v) is 2.81. The molecule has 3 nitrogen and oxygen atoms in total. The van der Waals surface area contributed by atoms with Gasteiger partial charge in [-0.2, -0.15) is 0 Å². The van der Waals surface area contributed by atoms with Gasteiger partial charge in [-0.1, -0.05) is 20.8 Å². The predicted octanol–water partition coefficient (Wildman–Crippen LogP) is 2.24. The van der Waals surface area contributed by atoms with Crippen LogP contribution in [0.2, 0.25) is 0 Å². The number of carbonyl (C=O) groups excluding carboxylic acids is 1. The summed E-state index contributed by atoms with van der Waals surface area (Å²) in [6.45, 7) is 5.76. The van der Waals surface area contributed by atoms with E-state index in [1.807, 2.05) is 20.8 Å². The molecule has 0 fully saturated rings. The summed E-state index contributed by atoms with van der Waals surface area (Å²) in [5.74, 6) is 0.203. The second-order valence-electron chi connectivity index (χ2n) is 4.17. The van der Waals surface area contributed by atoms with Crippen molar-refractivity contribution in [3.8, 4) is 0 Å². The minimum absolute atomic E-state index is 0.203. The van der Waals surface area contributed by atoms with Gasteiger partial charge in [-0.3, -0.25) is 4.79 Å². The molecule has 0 radical (unpaired) electrons. The number of halogens is 1. The van der Waals surface area contributed by atoms with Crippen LogP contribution >= 0.6 is 22.6 Å². The molecule has 0 N–H and O–H groups in total. The van der Waals surface area contributed by atoms with Gasteiger partial charge in [0.05, 0.1) is 15.7 Å². The van der Waals surface area contributed by atoms with E-state index in [4.69, 9.17) is 0 Å². The summed E-state index contributed by atoms with van der Waals surface area (Å²) in [5, 5.41) is 0. The molecule has 1 aromatic rings. The second kappa shape index (κ2) is 4.33. The fourth-order valence-corrected chi connectivity index (χ4v) is 1.38. The van der Waals surface area contributed by atoms with Crippen molar-refractivity contribution in [2.24, 2.45) is 5.41 Å². The van der Waals surface area contributed by atoms with Gasteiger partial charge in [0.2, 0.25) is 0 Å². The first-order valence-corrected chi connectivity index (χ1v) is 5.47. The molecule has 1 rings (SSSR count). The standard InChI is InChI=1S/C10H13IN2O/c1-10(2,3)9(14)4-8-7(11)5-12-6-13-8/h5-6H,4H2,1-3H3. The molecule has 0 aliphatic carbocycles. The lowest BCUT2D eigenvalue weighted by molar-refractivity contribution is -0.125. The minimum Gasteiger partial charge on any atom is -0.299 e. The Morgan fingerprint density at radius 3 is 2.64 bits per heavy atom. The predicted molar refractivity (Wildman–Crippen MR) is 62.9 cm³/mol. The Morgan fingerprint density at radius 2 is 2.14 bits per heavy atom. The highest BCUT2D eigenvalue weighted by molar-refractivity contribution is 14.1. The first-order chi connectivity index (χ1) is 6.41. The van der Waals surface area contributed by atoms with Gasteiger partial charge in [-0.25, -0.2) is 9.97 Å². The highest BCUT2D eigenvalue weighted by Gasteiger charge is 2.22. The summed E-state index contributed by atoms with van der Waals surface area (Å²) in [4.78, 5) is 19.7. The van der Waals surface area contributed by atoms with Gasteiger partial charge in [0.1, 0.15) is 12.1 Å². The van der Waals surface area contributed by atoms with E-state index in [1.54, 1.807) is 6.20 Å². The van der Waals surface area contributed by atoms with E-state index in [-0.39, 0.29) is 11.2 Å². The van der Waals surface area contributed by atoms with Gasteiger partial charge < -0.3 is 0 Å². The molecule has 0 saturated heterocycles. The van der Waals surface area contributed by atoms with Crippen LogP contribution in [0.15, 0.2) is 12.5 Å². The highest BCUT2D eigenvalue weighted by Crippen LogP contribution is 2.18. The lowest BCUT2D eigenvalue weighted by Crippen LogP contribution is -2.23. The monoisotopic (exact) mass is 304 g/mol. The maximum Gasteiger partial charge on any atom is 0.144 e. The first kappa shape index (κ1) is 11.6. The molecule has 0 amide bonds. The maximum atomic E-state index is 11.7. The van der Waals surface area contributed by atoms with Crippen molar-refractivity contribution in [1.82, 2.24) is 9.97 Å². The number of hydrogen-bond donors (Lipinski definition) is 0. The minimum atomic E-state index is -0.298. The Hall–Kier alpha value is -0.520. The molecular weight excluding hydrogens is 291 g/mol. The van der Waals surface area contributed by atoms with Crippen LogP contribution < -0.4 is 0 Å². The summed E-state index contributed by atoms with van der Waals surface area (Å²) in [5.41, 5.74) is 0.522. The first-order valence-electron chi connectivity index (χ1n) is 4.39. The highest BCUT2D eigenvalue weighted by atomic mass is 127. The van der Waals surface area contributed by atoms with Crippen molar-refractivity contribution in [3.05, 3.63) is 21.8 Å². The van der Waals surface area contributed by atoms with Gasteiger partial charge in [0.25, 0.3) is 0 Å². The molecule has 0 aliphatic rings. The molecule has 4 heteroatoms. The summed E-state index contributed by atoms with van der Waals surface area (Å²) in [6, 6.07) is 0. The van der Waals surface area contributed by atoms with Crippen LogP contribution in [0.25, 0.3) is 0 Å². The summed E-state index contributed by atoms with van der Waals surface area (Å²) >= 11 is 2.14. The van der Waals surface area contributed by atoms with Crippen LogP contribution in [-0.4, -0.2) is 15.8 Å². The largest absolute Gasteiger partial charge is 0.299 e. The molecular formula is C10H13IN2O. The summed E-state index contributed by atoms with van der Waals surface area (Å²) in [6.07, 6.45) is 3.59. The van der Waals surface area contributed by atoms with Crippen molar-refractivity contribution in [2.45, 2.75) is 27.2 Å². The van der Waals surface area contributed by atoms with E-state index in [1.165, 1.54) is 6.33 Å². The number of aromatic nitrogens is 2. The Kier molecular flexibility index (Phi) is 3.58. The second-order valence-corrected chi connectivity index (χ2v) is 5.33. The molecule has 14 heavy (non-hydrogen) atoms. The topological polar surface area (TPSA) is 42.9 Å². The maximum absolute atomic E-state index is 11.7. The number of ketones is 1. The van der Waals surface area contributed by atoms with E-state index in [0.29, 0.717) is 6.42 Å². The molecule has 1 heterocycles.